The van der Waals surface area contributed by atoms with E-state index in [-0.39, 0.29) is 17.9 Å². The highest BCUT2D eigenvalue weighted by atomic mass is 16.2. The summed E-state index contributed by atoms with van der Waals surface area (Å²) in [6, 6.07) is -0.186. The maximum absolute atomic E-state index is 12.6. The quantitative estimate of drug-likeness (QED) is 0.714. The monoisotopic (exact) mass is 252 g/mol. The highest BCUT2D eigenvalue weighted by Gasteiger charge is 2.33. The number of piperidine rings is 1. The second-order valence-corrected chi connectivity index (χ2v) is 5.46. The van der Waals surface area contributed by atoms with E-state index in [1.54, 1.807) is 11.8 Å². The number of rotatable bonds is 1. The lowest BCUT2D eigenvalue weighted by atomic mass is 10.0. The van der Waals surface area contributed by atoms with Crippen molar-refractivity contribution in [3.8, 4) is 0 Å². The Morgan fingerprint density at radius 3 is 2.11 bits per heavy atom. The first-order chi connectivity index (χ1) is 8.70. The van der Waals surface area contributed by atoms with Gasteiger partial charge in [-0.15, -0.1) is 0 Å². The van der Waals surface area contributed by atoms with E-state index in [4.69, 9.17) is 0 Å². The van der Waals surface area contributed by atoms with E-state index < -0.39 is 0 Å². The first-order valence-electron chi connectivity index (χ1n) is 7.26. The average Bonchev–Trinajstić information content (AvgIpc) is 2.66. The van der Waals surface area contributed by atoms with Crippen LogP contribution in [0.2, 0.25) is 0 Å². The van der Waals surface area contributed by atoms with Gasteiger partial charge in [-0.2, -0.15) is 0 Å². The molecule has 2 amide bonds. The van der Waals surface area contributed by atoms with Crippen LogP contribution < -0.4 is 0 Å². The lowest BCUT2D eigenvalue weighted by molar-refractivity contribution is -0.146. The number of nitrogens with zero attached hydrogens (tertiary/aromatic N) is 2. The van der Waals surface area contributed by atoms with Crippen molar-refractivity contribution in [2.75, 3.05) is 19.6 Å². The van der Waals surface area contributed by atoms with Gasteiger partial charge in [0.05, 0.1) is 0 Å². The number of hydrogen-bond donors (Lipinski definition) is 0. The van der Waals surface area contributed by atoms with Gasteiger partial charge in [0.1, 0.15) is 6.04 Å². The van der Waals surface area contributed by atoms with Gasteiger partial charge in [0, 0.05) is 26.6 Å². The van der Waals surface area contributed by atoms with Crippen molar-refractivity contribution in [3.05, 3.63) is 0 Å². The molecule has 0 aromatic carbocycles. The summed E-state index contributed by atoms with van der Waals surface area (Å²) in [7, 11) is 0. The van der Waals surface area contributed by atoms with Crippen LogP contribution in [0.3, 0.4) is 0 Å². The van der Waals surface area contributed by atoms with E-state index in [0.717, 1.165) is 51.7 Å². The molecule has 2 saturated heterocycles. The molecule has 2 rings (SSSR count). The second-order valence-electron chi connectivity index (χ2n) is 5.46. The molecule has 2 fully saturated rings. The zero-order valence-corrected chi connectivity index (χ0v) is 11.4. The van der Waals surface area contributed by atoms with E-state index in [9.17, 15) is 9.59 Å². The summed E-state index contributed by atoms with van der Waals surface area (Å²) in [4.78, 5) is 27.9. The summed E-state index contributed by atoms with van der Waals surface area (Å²) in [6.07, 6.45) is 7.61. The standard InChI is InChI=1S/C14H24N2O2/c1-12(17)16-11-7-4-8-13(16)14(18)15-9-5-2-3-6-10-15/h13H,2-11H2,1H3. The second kappa shape index (κ2) is 6.21. The van der Waals surface area contributed by atoms with Crippen LogP contribution in [-0.4, -0.2) is 47.3 Å². The SMILES string of the molecule is CC(=O)N1CCCCC1C(=O)N1CCCCCC1. The molecule has 18 heavy (non-hydrogen) atoms. The summed E-state index contributed by atoms with van der Waals surface area (Å²) in [5.41, 5.74) is 0. The topological polar surface area (TPSA) is 40.6 Å². The first kappa shape index (κ1) is 13.4. The molecule has 2 heterocycles. The zero-order valence-electron chi connectivity index (χ0n) is 11.4. The van der Waals surface area contributed by atoms with Gasteiger partial charge in [-0.1, -0.05) is 12.8 Å². The van der Waals surface area contributed by atoms with Crippen LogP contribution in [0.5, 0.6) is 0 Å². The molecule has 102 valence electrons. The van der Waals surface area contributed by atoms with Crippen LogP contribution in [0.15, 0.2) is 0 Å². The Balaban J connectivity index is 2.02. The Labute approximate surface area is 109 Å². The summed E-state index contributed by atoms with van der Waals surface area (Å²) in [5, 5.41) is 0. The molecule has 1 unspecified atom stereocenters. The normalized spacial score (nSPS) is 25.7. The largest absolute Gasteiger partial charge is 0.341 e. The number of carbonyl (C=O) groups excluding carboxylic acids is 2. The number of amides is 2. The smallest absolute Gasteiger partial charge is 0.245 e. The lowest BCUT2D eigenvalue weighted by Crippen LogP contribution is -2.52. The van der Waals surface area contributed by atoms with Crippen molar-refractivity contribution in [1.29, 1.82) is 0 Å². The molecule has 2 aliphatic heterocycles. The van der Waals surface area contributed by atoms with E-state index in [2.05, 4.69) is 0 Å². The Hall–Kier alpha value is -1.06. The van der Waals surface area contributed by atoms with Crippen molar-refractivity contribution >= 4 is 11.8 Å². The van der Waals surface area contributed by atoms with Gasteiger partial charge in [0.15, 0.2) is 0 Å². The summed E-state index contributed by atoms with van der Waals surface area (Å²) in [5.74, 6) is 0.231. The van der Waals surface area contributed by atoms with Crippen LogP contribution >= 0.6 is 0 Å². The minimum Gasteiger partial charge on any atom is -0.341 e. The summed E-state index contributed by atoms with van der Waals surface area (Å²) < 4.78 is 0. The first-order valence-corrected chi connectivity index (χ1v) is 7.26. The predicted molar refractivity (Wildman–Crippen MR) is 70.1 cm³/mol. The molecule has 0 spiro atoms. The van der Waals surface area contributed by atoms with Gasteiger partial charge in [-0.3, -0.25) is 9.59 Å². The Kier molecular flexibility index (Phi) is 4.61. The van der Waals surface area contributed by atoms with Crippen LogP contribution in [-0.2, 0) is 9.59 Å². The van der Waals surface area contributed by atoms with Crippen molar-refractivity contribution in [1.82, 2.24) is 9.80 Å². The van der Waals surface area contributed by atoms with Gasteiger partial charge < -0.3 is 9.80 Å². The highest BCUT2D eigenvalue weighted by Crippen LogP contribution is 2.21. The van der Waals surface area contributed by atoms with Crippen molar-refractivity contribution in [3.63, 3.8) is 0 Å². The number of hydrogen-bond acceptors (Lipinski definition) is 2. The van der Waals surface area contributed by atoms with Gasteiger partial charge in [0.2, 0.25) is 11.8 Å². The minimum absolute atomic E-state index is 0.0443. The summed E-state index contributed by atoms with van der Waals surface area (Å²) in [6.45, 7) is 4.08. The molecular formula is C14H24N2O2. The number of likely N-dealkylation sites (tertiary alicyclic amines) is 2. The van der Waals surface area contributed by atoms with Crippen molar-refractivity contribution in [2.45, 2.75) is 57.9 Å². The molecule has 2 aliphatic rings. The van der Waals surface area contributed by atoms with E-state index in [1.165, 1.54) is 12.8 Å². The third-order valence-corrected chi connectivity index (χ3v) is 4.11. The molecule has 0 aromatic rings. The Bertz CT molecular complexity index is 309. The van der Waals surface area contributed by atoms with Crippen molar-refractivity contribution in [2.24, 2.45) is 0 Å². The van der Waals surface area contributed by atoms with E-state index >= 15 is 0 Å². The van der Waals surface area contributed by atoms with Gasteiger partial charge in [-0.25, -0.2) is 0 Å². The average molecular weight is 252 g/mol. The molecule has 0 saturated carbocycles. The van der Waals surface area contributed by atoms with Crippen molar-refractivity contribution < 1.29 is 9.59 Å². The molecule has 0 aliphatic carbocycles. The van der Waals surface area contributed by atoms with Gasteiger partial charge in [-0.05, 0) is 32.1 Å². The fourth-order valence-corrected chi connectivity index (χ4v) is 3.07. The van der Waals surface area contributed by atoms with Crippen LogP contribution in [0.4, 0.5) is 0 Å². The maximum atomic E-state index is 12.6. The minimum atomic E-state index is -0.186. The molecule has 1 atom stereocenters. The van der Waals surface area contributed by atoms with E-state index in [0.29, 0.717) is 0 Å². The highest BCUT2D eigenvalue weighted by molar-refractivity contribution is 5.87. The fraction of sp³-hybridized carbons (Fsp3) is 0.857. The van der Waals surface area contributed by atoms with Gasteiger partial charge >= 0.3 is 0 Å². The lowest BCUT2D eigenvalue weighted by Gasteiger charge is -2.37. The Morgan fingerprint density at radius 2 is 1.50 bits per heavy atom. The van der Waals surface area contributed by atoms with E-state index in [1.807, 2.05) is 4.90 Å². The van der Waals surface area contributed by atoms with Crippen LogP contribution in [0.1, 0.15) is 51.9 Å². The Morgan fingerprint density at radius 1 is 0.889 bits per heavy atom. The molecule has 4 nitrogen and oxygen atoms in total. The molecule has 0 aromatic heterocycles. The maximum Gasteiger partial charge on any atom is 0.245 e. The summed E-state index contributed by atoms with van der Waals surface area (Å²) >= 11 is 0. The van der Waals surface area contributed by atoms with Gasteiger partial charge in [0.25, 0.3) is 0 Å². The third kappa shape index (κ3) is 3.03. The molecular weight excluding hydrogens is 228 g/mol. The van der Waals surface area contributed by atoms with Crippen LogP contribution in [0, 0.1) is 0 Å². The zero-order chi connectivity index (χ0) is 13.0. The fourth-order valence-electron chi connectivity index (χ4n) is 3.07. The molecule has 0 N–H and O–H groups in total. The molecule has 4 heteroatoms. The molecule has 0 bridgehead atoms. The predicted octanol–water partition coefficient (Wildman–Crippen LogP) is 1.79. The molecule has 0 radical (unpaired) electrons. The number of carbonyl (C=O) groups is 2. The van der Waals surface area contributed by atoms with Crippen LogP contribution in [0.25, 0.3) is 0 Å². The third-order valence-electron chi connectivity index (χ3n) is 4.11.